The second kappa shape index (κ2) is 8.23. The van der Waals surface area contributed by atoms with E-state index in [1.165, 1.54) is 6.07 Å². The summed E-state index contributed by atoms with van der Waals surface area (Å²) in [4.78, 5) is 23.1. The number of rotatable bonds is 4. The molecular formula is C18H23NO4. The quantitative estimate of drug-likeness (QED) is 0.508. The van der Waals surface area contributed by atoms with Crippen molar-refractivity contribution in [3.05, 3.63) is 29.3 Å². The van der Waals surface area contributed by atoms with Gasteiger partial charge in [0, 0.05) is 24.9 Å². The molecule has 0 saturated carbocycles. The molecule has 0 fully saturated rings. The molecular weight excluding hydrogens is 294 g/mol. The Balaban J connectivity index is 2.54. The fourth-order valence-corrected chi connectivity index (χ4v) is 1.73. The lowest BCUT2D eigenvalue weighted by Crippen LogP contribution is -2.32. The number of carbonyl (C=O) groups excluding carboxylic acids is 2. The van der Waals surface area contributed by atoms with E-state index in [1.807, 2.05) is 0 Å². The van der Waals surface area contributed by atoms with E-state index >= 15 is 0 Å². The van der Waals surface area contributed by atoms with Crippen LogP contribution < -0.4 is 5.32 Å². The molecule has 0 atom stereocenters. The van der Waals surface area contributed by atoms with Crippen LogP contribution in [0.4, 0.5) is 4.79 Å². The third-order valence-corrected chi connectivity index (χ3v) is 2.77. The average molecular weight is 317 g/mol. The second-order valence-corrected chi connectivity index (χ2v) is 5.99. The fourth-order valence-electron chi connectivity index (χ4n) is 1.73. The summed E-state index contributed by atoms with van der Waals surface area (Å²) in [6.07, 6.45) is 0.307. The van der Waals surface area contributed by atoms with E-state index in [2.05, 4.69) is 17.2 Å². The van der Waals surface area contributed by atoms with Crippen molar-refractivity contribution in [2.24, 2.45) is 0 Å². The average Bonchev–Trinajstić information content (AvgIpc) is 2.45. The number of amides is 1. The van der Waals surface area contributed by atoms with Crippen LogP contribution in [0.15, 0.2) is 18.2 Å². The van der Waals surface area contributed by atoms with Gasteiger partial charge in [-0.15, -0.1) is 0 Å². The van der Waals surface area contributed by atoms with Crippen molar-refractivity contribution in [1.29, 1.82) is 0 Å². The SMILES string of the molecule is CCC(=O)c1cc(C#CCCNC(=O)OC(C)(C)C)ccc1O. The predicted molar refractivity (Wildman–Crippen MR) is 88.5 cm³/mol. The highest BCUT2D eigenvalue weighted by molar-refractivity contribution is 5.98. The minimum atomic E-state index is -0.524. The Morgan fingerprint density at radius 2 is 2.00 bits per heavy atom. The van der Waals surface area contributed by atoms with E-state index in [0.29, 0.717) is 24.9 Å². The summed E-state index contributed by atoms with van der Waals surface area (Å²) >= 11 is 0. The largest absolute Gasteiger partial charge is 0.507 e. The highest BCUT2D eigenvalue weighted by Crippen LogP contribution is 2.19. The number of alkyl carbamates (subject to hydrolysis) is 1. The van der Waals surface area contributed by atoms with Gasteiger partial charge >= 0.3 is 6.09 Å². The van der Waals surface area contributed by atoms with Crippen LogP contribution in [0.3, 0.4) is 0 Å². The minimum absolute atomic E-state index is 0.0333. The third kappa shape index (κ3) is 6.88. The zero-order valence-corrected chi connectivity index (χ0v) is 14.0. The summed E-state index contributed by atoms with van der Waals surface area (Å²) in [6, 6.07) is 4.69. The van der Waals surface area contributed by atoms with Crippen molar-refractivity contribution in [3.63, 3.8) is 0 Å². The van der Waals surface area contributed by atoms with Gasteiger partial charge in [0.1, 0.15) is 11.4 Å². The van der Waals surface area contributed by atoms with E-state index in [-0.39, 0.29) is 17.1 Å². The minimum Gasteiger partial charge on any atom is -0.507 e. The number of hydrogen-bond acceptors (Lipinski definition) is 4. The zero-order chi connectivity index (χ0) is 17.5. The Morgan fingerprint density at radius 1 is 1.30 bits per heavy atom. The van der Waals surface area contributed by atoms with Crippen LogP contribution in [0.2, 0.25) is 0 Å². The van der Waals surface area contributed by atoms with Gasteiger partial charge in [-0.25, -0.2) is 4.79 Å². The molecule has 0 unspecified atom stereocenters. The van der Waals surface area contributed by atoms with Crippen molar-refractivity contribution >= 4 is 11.9 Å². The van der Waals surface area contributed by atoms with Crippen molar-refractivity contribution < 1.29 is 19.4 Å². The fraction of sp³-hybridized carbons (Fsp3) is 0.444. The number of benzene rings is 1. The number of phenols is 1. The molecule has 0 aliphatic heterocycles. The summed E-state index contributed by atoms with van der Waals surface area (Å²) in [5.74, 6) is 5.66. The lowest BCUT2D eigenvalue weighted by Gasteiger charge is -2.19. The number of carbonyl (C=O) groups is 2. The molecule has 0 spiro atoms. The normalized spacial score (nSPS) is 10.4. The molecule has 0 aliphatic rings. The molecule has 1 aromatic carbocycles. The first-order valence-electron chi connectivity index (χ1n) is 7.55. The number of ketones is 1. The molecule has 0 aromatic heterocycles. The number of nitrogens with one attached hydrogen (secondary N) is 1. The lowest BCUT2D eigenvalue weighted by atomic mass is 10.0. The van der Waals surface area contributed by atoms with Crippen LogP contribution in [-0.4, -0.2) is 29.1 Å². The van der Waals surface area contributed by atoms with Gasteiger partial charge in [-0.1, -0.05) is 18.8 Å². The molecule has 1 rings (SSSR count). The summed E-state index contributed by atoms with van der Waals surface area (Å²) < 4.78 is 5.11. The first kappa shape index (κ1) is 18.6. The molecule has 5 nitrogen and oxygen atoms in total. The van der Waals surface area contributed by atoms with E-state index in [0.717, 1.165) is 0 Å². The second-order valence-electron chi connectivity index (χ2n) is 5.99. The van der Waals surface area contributed by atoms with Crippen LogP contribution in [0.1, 0.15) is 56.5 Å². The monoisotopic (exact) mass is 317 g/mol. The Bertz CT molecular complexity index is 633. The molecule has 1 aromatic rings. The summed E-state index contributed by atoms with van der Waals surface area (Å²) in [5.41, 5.74) is 0.410. The molecule has 1 amide bonds. The van der Waals surface area contributed by atoms with Crippen molar-refractivity contribution in [3.8, 4) is 17.6 Å². The summed E-state index contributed by atoms with van der Waals surface area (Å²) in [7, 11) is 0. The number of hydrogen-bond donors (Lipinski definition) is 2. The van der Waals surface area contributed by atoms with E-state index in [4.69, 9.17) is 4.74 Å². The maximum atomic E-state index is 11.7. The molecule has 23 heavy (non-hydrogen) atoms. The van der Waals surface area contributed by atoms with Crippen LogP contribution in [0, 0.1) is 11.8 Å². The Hall–Kier alpha value is -2.48. The molecule has 0 radical (unpaired) electrons. The summed E-state index contributed by atoms with van der Waals surface area (Å²) in [6.45, 7) is 7.51. The summed E-state index contributed by atoms with van der Waals surface area (Å²) in [5, 5.41) is 12.3. The topological polar surface area (TPSA) is 75.6 Å². The van der Waals surface area contributed by atoms with Gasteiger partial charge < -0.3 is 15.2 Å². The molecule has 2 N–H and O–H groups in total. The molecule has 5 heteroatoms. The van der Waals surface area contributed by atoms with Gasteiger partial charge in [0.05, 0.1) is 5.56 Å². The van der Waals surface area contributed by atoms with Crippen molar-refractivity contribution in [2.75, 3.05) is 6.54 Å². The van der Waals surface area contributed by atoms with Gasteiger partial charge in [-0.2, -0.15) is 0 Å². The first-order valence-corrected chi connectivity index (χ1v) is 7.55. The number of ether oxygens (including phenoxy) is 1. The Labute approximate surface area is 137 Å². The molecule has 124 valence electrons. The molecule has 0 heterocycles. The predicted octanol–water partition coefficient (Wildman–Crippen LogP) is 3.25. The maximum Gasteiger partial charge on any atom is 0.407 e. The van der Waals surface area contributed by atoms with Crippen LogP contribution >= 0.6 is 0 Å². The van der Waals surface area contributed by atoms with Gasteiger partial charge in [-0.3, -0.25) is 4.79 Å². The highest BCUT2D eigenvalue weighted by Gasteiger charge is 2.15. The third-order valence-electron chi connectivity index (χ3n) is 2.77. The van der Waals surface area contributed by atoms with E-state index in [9.17, 15) is 14.7 Å². The van der Waals surface area contributed by atoms with E-state index in [1.54, 1.807) is 39.8 Å². The van der Waals surface area contributed by atoms with Crippen molar-refractivity contribution in [2.45, 2.75) is 46.1 Å². The first-order chi connectivity index (χ1) is 10.7. The van der Waals surface area contributed by atoms with Gasteiger partial charge in [-0.05, 0) is 39.0 Å². The van der Waals surface area contributed by atoms with Gasteiger partial charge in [0.2, 0.25) is 0 Å². The zero-order valence-electron chi connectivity index (χ0n) is 14.0. The standard InChI is InChI=1S/C18H23NO4/c1-5-15(20)14-12-13(9-10-16(14)21)8-6-7-11-19-17(22)23-18(2,3)4/h9-10,12,21H,5,7,11H2,1-4H3,(H,19,22). The van der Waals surface area contributed by atoms with E-state index < -0.39 is 11.7 Å². The number of aromatic hydroxyl groups is 1. The van der Waals surface area contributed by atoms with Crippen LogP contribution in [0.25, 0.3) is 0 Å². The van der Waals surface area contributed by atoms with Crippen LogP contribution in [0.5, 0.6) is 5.75 Å². The highest BCUT2D eigenvalue weighted by atomic mass is 16.6. The van der Waals surface area contributed by atoms with Gasteiger partial charge in [0.25, 0.3) is 0 Å². The number of Topliss-reactive ketones (excluding diaryl/α,β-unsaturated/α-hetero) is 1. The van der Waals surface area contributed by atoms with Crippen molar-refractivity contribution in [1.82, 2.24) is 5.32 Å². The Kier molecular flexibility index (Phi) is 6.65. The molecule has 0 aliphatic carbocycles. The molecule has 0 bridgehead atoms. The Morgan fingerprint density at radius 3 is 2.61 bits per heavy atom. The maximum absolute atomic E-state index is 11.7. The van der Waals surface area contributed by atoms with Crippen LogP contribution in [-0.2, 0) is 4.74 Å². The molecule has 0 saturated heterocycles. The van der Waals surface area contributed by atoms with Gasteiger partial charge in [0.15, 0.2) is 5.78 Å². The lowest BCUT2D eigenvalue weighted by molar-refractivity contribution is 0.0529. The number of phenolic OH excluding ortho intramolecular Hbond substituents is 1. The smallest absolute Gasteiger partial charge is 0.407 e.